The fourth-order valence-electron chi connectivity index (χ4n) is 2.05. The molecule has 0 unspecified atom stereocenters. The quantitative estimate of drug-likeness (QED) is 0.629. The van der Waals surface area contributed by atoms with Gasteiger partial charge in [0.05, 0.1) is 16.1 Å². The van der Waals surface area contributed by atoms with E-state index in [1.165, 1.54) is 12.1 Å². The van der Waals surface area contributed by atoms with Gasteiger partial charge in [-0.15, -0.1) is 10.2 Å². The molecule has 25 heavy (non-hydrogen) atoms. The van der Waals surface area contributed by atoms with Gasteiger partial charge >= 0.3 is 6.18 Å². The van der Waals surface area contributed by atoms with Crippen molar-refractivity contribution in [3.8, 4) is 28.7 Å². The third-order valence-corrected chi connectivity index (χ3v) is 3.56. The average Bonchev–Trinajstić information content (AvgIpc) is 3.05. The Morgan fingerprint density at radius 3 is 2.36 bits per heavy atom. The third-order valence-electron chi connectivity index (χ3n) is 3.23. The van der Waals surface area contributed by atoms with Crippen molar-refractivity contribution < 1.29 is 27.1 Å². The fraction of sp³-hybridized carbons (Fsp3) is 0.0625. The molecule has 0 aliphatic carbocycles. The van der Waals surface area contributed by atoms with E-state index >= 15 is 0 Å². The van der Waals surface area contributed by atoms with Crippen molar-refractivity contribution in [2.45, 2.75) is 6.18 Å². The van der Waals surface area contributed by atoms with Crippen LogP contribution in [0.3, 0.4) is 0 Å². The first-order valence-electron chi connectivity index (χ1n) is 6.80. The standard InChI is InChI=1S/C16H8ClF3N2O3/c17-13-6-3-10(16(18,19)20)7-12(13)15-22-21-14(25-15)9-1-4-11(5-2-9)24-8-23/h1-8H. The van der Waals surface area contributed by atoms with Crippen LogP contribution < -0.4 is 4.74 Å². The summed E-state index contributed by atoms with van der Waals surface area (Å²) in [7, 11) is 0. The number of hydrogen-bond acceptors (Lipinski definition) is 5. The molecule has 128 valence electrons. The van der Waals surface area contributed by atoms with Crippen LogP contribution in [0.25, 0.3) is 22.9 Å². The van der Waals surface area contributed by atoms with E-state index in [1.54, 1.807) is 12.1 Å². The Morgan fingerprint density at radius 2 is 1.72 bits per heavy atom. The van der Waals surface area contributed by atoms with Gasteiger partial charge in [-0.25, -0.2) is 0 Å². The Kier molecular flexibility index (Phi) is 4.45. The number of alkyl halides is 3. The van der Waals surface area contributed by atoms with Crippen molar-refractivity contribution in [2.75, 3.05) is 0 Å². The molecule has 0 aliphatic heterocycles. The summed E-state index contributed by atoms with van der Waals surface area (Å²) in [5.74, 6) is 0.264. The molecule has 0 aliphatic rings. The van der Waals surface area contributed by atoms with E-state index in [-0.39, 0.29) is 28.8 Å². The molecule has 0 saturated carbocycles. The molecule has 5 nitrogen and oxygen atoms in total. The molecule has 0 atom stereocenters. The Bertz CT molecular complexity index is 908. The minimum Gasteiger partial charge on any atom is -0.429 e. The Balaban J connectivity index is 1.95. The van der Waals surface area contributed by atoms with Gasteiger partial charge in [-0.1, -0.05) is 11.6 Å². The van der Waals surface area contributed by atoms with E-state index in [1.807, 2.05) is 0 Å². The number of ether oxygens (including phenoxy) is 1. The summed E-state index contributed by atoms with van der Waals surface area (Å²) in [6.45, 7) is 0.287. The van der Waals surface area contributed by atoms with Crippen LogP contribution in [0.4, 0.5) is 13.2 Å². The lowest BCUT2D eigenvalue weighted by molar-refractivity contribution is -0.137. The molecule has 1 aromatic heterocycles. The molecule has 0 spiro atoms. The van der Waals surface area contributed by atoms with Gasteiger partial charge in [0.25, 0.3) is 6.47 Å². The van der Waals surface area contributed by atoms with Gasteiger partial charge in [-0.3, -0.25) is 4.79 Å². The SMILES string of the molecule is O=COc1ccc(-c2nnc(-c3cc(C(F)(F)F)ccc3Cl)o2)cc1. The van der Waals surface area contributed by atoms with Gasteiger partial charge in [0.2, 0.25) is 11.8 Å². The highest BCUT2D eigenvalue weighted by Crippen LogP contribution is 2.36. The monoisotopic (exact) mass is 368 g/mol. The van der Waals surface area contributed by atoms with Crippen LogP contribution in [0.15, 0.2) is 46.9 Å². The normalized spacial score (nSPS) is 11.4. The van der Waals surface area contributed by atoms with Gasteiger partial charge in [0, 0.05) is 5.56 Å². The smallest absolute Gasteiger partial charge is 0.416 e. The molecule has 1 heterocycles. The van der Waals surface area contributed by atoms with E-state index in [4.69, 9.17) is 16.0 Å². The molecule has 0 fully saturated rings. The lowest BCUT2D eigenvalue weighted by Crippen LogP contribution is -2.04. The van der Waals surface area contributed by atoms with E-state index < -0.39 is 11.7 Å². The van der Waals surface area contributed by atoms with Crippen molar-refractivity contribution in [2.24, 2.45) is 0 Å². The summed E-state index contributed by atoms with van der Waals surface area (Å²) < 4.78 is 48.6. The average molecular weight is 369 g/mol. The van der Waals surface area contributed by atoms with Crippen LogP contribution in [-0.2, 0) is 11.0 Å². The zero-order chi connectivity index (χ0) is 18.0. The van der Waals surface area contributed by atoms with E-state index in [0.717, 1.165) is 18.2 Å². The van der Waals surface area contributed by atoms with Crippen LogP contribution in [0.2, 0.25) is 5.02 Å². The Hall–Kier alpha value is -2.87. The van der Waals surface area contributed by atoms with Gasteiger partial charge in [0.15, 0.2) is 0 Å². The molecule has 0 saturated heterocycles. The molecule has 0 bridgehead atoms. The largest absolute Gasteiger partial charge is 0.429 e. The molecule has 0 amide bonds. The molecular formula is C16H8ClF3N2O3. The molecule has 3 rings (SSSR count). The van der Waals surface area contributed by atoms with Crippen LogP contribution in [0, 0.1) is 0 Å². The molecular weight excluding hydrogens is 361 g/mol. The third kappa shape index (κ3) is 3.63. The van der Waals surface area contributed by atoms with Crippen molar-refractivity contribution in [1.82, 2.24) is 10.2 Å². The predicted molar refractivity (Wildman–Crippen MR) is 81.9 cm³/mol. The number of halogens is 4. The number of benzene rings is 2. The lowest BCUT2D eigenvalue weighted by Gasteiger charge is -2.08. The zero-order valence-electron chi connectivity index (χ0n) is 12.2. The minimum absolute atomic E-state index is 0.0175. The summed E-state index contributed by atoms with van der Waals surface area (Å²) in [6.07, 6.45) is -4.52. The van der Waals surface area contributed by atoms with E-state index in [9.17, 15) is 18.0 Å². The maximum absolute atomic E-state index is 12.8. The molecule has 9 heteroatoms. The molecule has 2 aromatic carbocycles. The summed E-state index contributed by atoms with van der Waals surface area (Å²) >= 11 is 5.95. The zero-order valence-corrected chi connectivity index (χ0v) is 13.0. The number of hydrogen-bond donors (Lipinski definition) is 0. The van der Waals surface area contributed by atoms with Gasteiger partial charge in [-0.05, 0) is 42.5 Å². The maximum Gasteiger partial charge on any atom is 0.416 e. The molecule has 0 radical (unpaired) electrons. The first-order chi connectivity index (χ1) is 11.9. The van der Waals surface area contributed by atoms with Crippen molar-refractivity contribution in [3.05, 3.63) is 53.1 Å². The van der Waals surface area contributed by atoms with E-state index in [0.29, 0.717) is 11.3 Å². The van der Waals surface area contributed by atoms with Crippen LogP contribution >= 0.6 is 11.6 Å². The first kappa shape index (κ1) is 17.0. The first-order valence-corrected chi connectivity index (χ1v) is 7.17. The van der Waals surface area contributed by atoms with Crippen molar-refractivity contribution in [1.29, 1.82) is 0 Å². The second-order valence-corrected chi connectivity index (χ2v) is 5.25. The fourth-order valence-corrected chi connectivity index (χ4v) is 2.24. The van der Waals surface area contributed by atoms with Gasteiger partial charge in [-0.2, -0.15) is 13.2 Å². The molecule has 0 N–H and O–H groups in total. The van der Waals surface area contributed by atoms with Crippen LogP contribution in [0.1, 0.15) is 5.56 Å². The van der Waals surface area contributed by atoms with Crippen LogP contribution in [0.5, 0.6) is 5.75 Å². The maximum atomic E-state index is 12.8. The number of nitrogens with zero attached hydrogens (tertiary/aromatic N) is 2. The summed E-state index contributed by atoms with van der Waals surface area (Å²) in [5, 5.41) is 7.61. The summed E-state index contributed by atoms with van der Waals surface area (Å²) in [5.41, 5.74) is -0.390. The van der Waals surface area contributed by atoms with Gasteiger partial charge < -0.3 is 9.15 Å². The minimum atomic E-state index is -4.52. The number of aromatic nitrogens is 2. The van der Waals surface area contributed by atoms with Gasteiger partial charge in [0.1, 0.15) is 5.75 Å². The number of rotatable bonds is 4. The lowest BCUT2D eigenvalue weighted by atomic mass is 10.1. The van der Waals surface area contributed by atoms with Crippen molar-refractivity contribution in [3.63, 3.8) is 0 Å². The second kappa shape index (κ2) is 6.56. The highest BCUT2D eigenvalue weighted by molar-refractivity contribution is 6.33. The summed E-state index contributed by atoms with van der Waals surface area (Å²) in [6, 6.07) is 8.97. The Labute approximate surface area is 144 Å². The van der Waals surface area contributed by atoms with E-state index in [2.05, 4.69) is 14.9 Å². The van der Waals surface area contributed by atoms with Crippen LogP contribution in [-0.4, -0.2) is 16.7 Å². The molecule has 3 aromatic rings. The Morgan fingerprint density at radius 1 is 1.04 bits per heavy atom. The predicted octanol–water partition coefficient (Wildman–Crippen LogP) is 4.61. The highest BCUT2D eigenvalue weighted by Gasteiger charge is 2.31. The number of carbonyl (C=O) groups is 1. The topological polar surface area (TPSA) is 65.2 Å². The second-order valence-electron chi connectivity index (χ2n) is 4.84. The van der Waals surface area contributed by atoms with Crippen molar-refractivity contribution >= 4 is 18.1 Å². The number of carbonyl (C=O) groups excluding carboxylic acids is 1. The summed E-state index contributed by atoms with van der Waals surface area (Å²) in [4.78, 5) is 10.3. The highest BCUT2D eigenvalue weighted by atomic mass is 35.5.